The molecule has 0 aliphatic rings. The Labute approximate surface area is 44.7 Å². The second-order valence-electron chi connectivity index (χ2n) is 0.489. The Morgan fingerprint density at radius 3 is 2.00 bits per heavy atom. The molecule has 0 saturated heterocycles. The van der Waals surface area contributed by atoms with Gasteiger partial charge < -0.3 is 4.55 Å². The van der Waals surface area contributed by atoms with Crippen LogP contribution in [0.1, 0.15) is 0 Å². The molecule has 7 heavy (non-hydrogen) atoms. The number of hydrogen-bond acceptors (Lipinski definition) is 4. The Hall–Kier alpha value is 0.180. The SMILES string of the molecule is O=S([O-])OS(=O)O. The zero-order valence-electron chi connectivity index (χ0n) is 2.90. The fourth-order valence-corrected chi connectivity index (χ4v) is 0.428. The summed E-state index contributed by atoms with van der Waals surface area (Å²) in [4.78, 5) is 0. The molecule has 2 atom stereocenters. The Balaban J connectivity index is 3.32. The molecule has 0 aromatic rings. The van der Waals surface area contributed by atoms with E-state index in [1.165, 1.54) is 0 Å². The van der Waals surface area contributed by atoms with Gasteiger partial charge in [-0.05, 0) is 0 Å². The molecule has 0 bridgehead atoms. The minimum atomic E-state index is -2.90. The molecule has 0 heterocycles. The maximum atomic E-state index is 9.31. The zero-order valence-corrected chi connectivity index (χ0v) is 4.53. The average molecular weight is 145 g/mol. The van der Waals surface area contributed by atoms with E-state index in [1.54, 1.807) is 0 Å². The first-order valence-corrected chi connectivity index (χ1v) is 3.05. The van der Waals surface area contributed by atoms with Crippen LogP contribution in [0.25, 0.3) is 0 Å². The molecule has 0 aromatic heterocycles. The van der Waals surface area contributed by atoms with Gasteiger partial charge in [0.1, 0.15) is 11.4 Å². The van der Waals surface area contributed by atoms with Gasteiger partial charge in [-0.25, -0.2) is 4.21 Å². The lowest BCUT2D eigenvalue weighted by Gasteiger charge is -1.96. The maximum absolute atomic E-state index is 9.31. The van der Waals surface area contributed by atoms with Crippen LogP contribution in [-0.4, -0.2) is 17.5 Å². The van der Waals surface area contributed by atoms with Crippen LogP contribution in [0.3, 0.4) is 0 Å². The van der Waals surface area contributed by atoms with E-state index < -0.39 is 22.7 Å². The van der Waals surface area contributed by atoms with Crippen LogP contribution in [-0.2, 0) is 26.4 Å². The van der Waals surface area contributed by atoms with Crippen molar-refractivity contribution >= 4 is 22.7 Å². The molecule has 0 saturated carbocycles. The fourth-order valence-electron chi connectivity index (χ4n) is 0.0475. The van der Waals surface area contributed by atoms with Gasteiger partial charge >= 0.3 is 11.4 Å². The van der Waals surface area contributed by atoms with Gasteiger partial charge in [0.15, 0.2) is 0 Å². The molecular formula is HO5S2-. The molecular weight excluding hydrogens is 144 g/mol. The summed E-state index contributed by atoms with van der Waals surface area (Å²) in [6.45, 7) is 0. The molecule has 2 unspecified atom stereocenters. The molecule has 1 N–H and O–H groups in total. The predicted octanol–water partition coefficient (Wildman–Crippen LogP) is -1.07. The lowest BCUT2D eigenvalue weighted by Crippen LogP contribution is -1.97. The summed E-state index contributed by atoms with van der Waals surface area (Å²) < 4.78 is 38.5. The Bertz CT molecular complexity index is 82.3. The zero-order chi connectivity index (χ0) is 5.86. The minimum absolute atomic E-state index is 2.71. The third kappa shape index (κ3) is 6.18. The summed E-state index contributed by atoms with van der Waals surface area (Å²) in [7, 11) is 0. The highest BCUT2D eigenvalue weighted by atomic mass is 32.3. The minimum Gasteiger partial charge on any atom is -0.749 e. The smallest absolute Gasteiger partial charge is 0.315 e. The Kier molecular flexibility index (Phi) is 3.30. The Morgan fingerprint density at radius 2 is 2.00 bits per heavy atom. The molecule has 0 fully saturated rings. The molecule has 0 spiro atoms. The van der Waals surface area contributed by atoms with Gasteiger partial charge in [-0.3, -0.25) is 4.55 Å². The van der Waals surface area contributed by atoms with Crippen molar-refractivity contribution in [3.63, 3.8) is 0 Å². The number of hydrogen-bond donors (Lipinski definition) is 1. The van der Waals surface area contributed by atoms with Crippen molar-refractivity contribution < 1.29 is 21.2 Å². The monoisotopic (exact) mass is 145 g/mol. The molecule has 7 heteroatoms. The standard InChI is InChI=1S/H2O5S2/c1-6(2)5-7(3)4/h(H,1,2)(H,3,4)/p-1. The van der Waals surface area contributed by atoms with Gasteiger partial charge in [-0.2, -0.15) is 7.84 Å². The van der Waals surface area contributed by atoms with Gasteiger partial charge in [-0.1, -0.05) is 0 Å². The largest absolute Gasteiger partial charge is 0.749 e. The summed E-state index contributed by atoms with van der Waals surface area (Å²) in [5, 5.41) is 0. The highest BCUT2D eigenvalue weighted by Crippen LogP contribution is 1.79. The first-order valence-electron chi connectivity index (χ1n) is 1.02. The van der Waals surface area contributed by atoms with Crippen molar-refractivity contribution in [1.82, 2.24) is 0 Å². The van der Waals surface area contributed by atoms with Crippen LogP contribution < -0.4 is 0 Å². The second kappa shape index (κ2) is 3.22. The van der Waals surface area contributed by atoms with E-state index in [9.17, 15) is 13.0 Å². The first kappa shape index (κ1) is 7.18. The summed E-state index contributed by atoms with van der Waals surface area (Å²) in [5.41, 5.74) is 0. The average Bonchev–Trinajstić information content (AvgIpc) is 1.27. The van der Waals surface area contributed by atoms with Gasteiger partial charge in [0.2, 0.25) is 0 Å². The molecule has 0 aliphatic heterocycles. The third-order valence-electron chi connectivity index (χ3n) is 0.114. The molecule has 0 amide bonds. The van der Waals surface area contributed by atoms with Gasteiger partial charge in [0.05, 0.1) is 0 Å². The molecule has 5 nitrogen and oxygen atoms in total. The van der Waals surface area contributed by atoms with E-state index in [4.69, 9.17) is 4.55 Å². The van der Waals surface area contributed by atoms with Crippen LogP contribution in [0.4, 0.5) is 0 Å². The highest BCUT2D eigenvalue weighted by molar-refractivity contribution is 7.87. The summed E-state index contributed by atoms with van der Waals surface area (Å²) in [6, 6.07) is 0. The quantitative estimate of drug-likeness (QED) is 0.500. The molecule has 0 aliphatic carbocycles. The molecule has 44 valence electrons. The van der Waals surface area contributed by atoms with Gasteiger partial charge in [-0.15, -0.1) is 0 Å². The summed E-state index contributed by atoms with van der Waals surface area (Å²) in [5.74, 6) is 0. The lowest BCUT2D eigenvalue weighted by atomic mass is 15.8. The Morgan fingerprint density at radius 1 is 1.57 bits per heavy atom. The van der Waals surface area contributed by atoms with Crippen LogP contribution >= 0.6 is 0 Å². The van der Waals surface area contributed by atoms with E-state index in [0.29, 0.717) is 0 Å². The van der Waals surface area contributed by atoms with Crippen molar-refractivity contribution in [1.29, 1.82) is 0 Å². The van der Waals surface area contributed by atoms with Crippen molar-refractivity contribution in [3.8, 4) is 0 Å². The van der Waals surface area contributed by atoms with E-state index >= 15 is 0 Å². The summed E-state index contributed by atoms with van der Waals surface area (Å²) in [6.07, 6.45) is 0. The van der Waals surface area contributed by atoms with Crippen LogP contribution in [0.2, 0.25) is 0 Å². The topological polar surface area (TPSA) is 86.7 Å². The molecule has 0 aromatic carbocycles. The van der Waals surface area contributed by atoms with Crippen LogP contribution in [0, 0.1) is 0 Å². The molecule has 0 rings (SSSR count). The predicted molar refractivity (Wildman–Crippen MR) is 20.8 cm³/mol. The van der Waals surface area contributed by atoms with Crippen molar-refractivity contribution in [2.45, 2.75) is 0 Å². The maximum Gasteiger partial charge on any atom is 0.315 e. The third-order valence-corrected chi connectivity index (χ3v) is 1.02. The van der Waals surface area contributed by atoms with Gasteiger partial charge in [0.25, 0.3) is 0 Å². The fraction of sp³-hybridized carbons (Fsp3) is 0. The van der Waals surface area contributed by atoms with Gasteiger partial charge in [0, 0.05) is 0 Å². The number of rotatable bonds is 2. The van der Waals surface area contributed by atoms with Crippen LogP contribution in [0.15, 0.2) is 0 Å². The van der Waals surface area contributed by atoms with E-state index in [0.717, 1.165) is 0 Å². The van der Waals surface area contributed by atoms with Crippen molar-refractivity contribution in [3.05, 3.63) is 0 Å². The van der Waals surface area contributed by atoms with E-state index in [-0.39, 0.29) is 0 Å². The summed E-state index contributed by atoms with van der Waals surface area (Å²) >= 11 is -5.60. The second-order valence-corrected chi connectivity index (χ2v) is 1.88. The van der Waals surface area contributed by atoms with Crippen LogP contribution in [0.5, 0.6) is 0 Å². The van der Waals surface area contributed by atoms with E-state index in [1.807, 2.05) is 0 Å². The van der Waals surface area contributed by atoms with Crippen molar-refractivity contribution in [2.24, 2.45) is 0 Å². The van der Waals surface area contributed by atoms with E-state index in [2.05, 4.69) is 3.63 Å². The normalized spacial score (nSPS) is 18.6. The highest BCUT2D eigenvalue weighted by Gasteiger charge is 1.87. The first-order chi connectivity index (χ1) is 3.13. The van der Waals surface area contributed by atoms with Crippen molar-refractivity contribution in [2.75, 3.05) is 0 Å². The molecule has 0 radical (unpaired) electrons. The lowest BCUT2D eigenvalue weighted by molar-refractivity contribution is 0.416.